The standard InChI is InChI=1S/C12H14F5O3P/c1-3-5-19-21(18,4-2)20-6-7-8(13)10(15)12(17)11(16)9(7)14/h3-6H2,1-2H3. The van der Waals surface area contributed by atoms with Crippen molar-refractivity contribution in [2.75, 3.05) is 12.8 Å². The highest BCUT2D eigenvalue weighted by Gasteiger charge is 2.28. The fraction of sp³-hybridized carbons (Fsp3) is 0.500. The summed E-state index contributed by atoms with van der Waals surface area (Å²) in [5, 5.41) is 0. The van der Waals surface area contributed by atoms with Gasteiger partial charge in [0.2, 0.25) is 5.82 Å². The predicted octanol–water partition coefficient (Wildman–Crippen LogP) is 4.54. The van der Waals surface area contributed by atoms with E-state index >= 15 is 0 Å². The van der Waals surface area contributed by atoms with Crippen molar-refractivity contribution in [2.24, 2.45) is 0 Å². The fourth-order valence-corrected chi connectivity index (χ4v) is 2.62. The topological polar surface area (TPSA) is 35.5 Å². The first-order valence-corrected chi connectivity index (χ1v) is 7.88. The van der Waals surface area contributed by atoms with Crippen LogP contribution in [0, 0.1) is 29.1 Å². The molecule has 3 nitrogen and oxygen atoms in total. The molecule has 0 heterocycles. The number of hydrogen-bond donors (Lipinski definition) is 0. The summed E-state index contributed by atoms with van der Waals surface area (Å²) >= 11 is 0. The fourth-order valence-electron chi connectivity index (χ4n) is 1.39. The number of halogens is 5. The maximum atomic E-state index is 13.4. The van der Waals surface area contributed by atoms with Crippen molar-refractivity contribution in [3.8, 4) is 0 Å². The summed E-state index contributed by atoms with van der Waals surface area (Å²) in [5.41, 5.74) is -1.18. The van der Waals surface area contributed by atoms with Gasteiger partial charge in [-0.1, -0.05) is 13.8 Å². The van der Waals surface area contributed by atoms with E-state index in [-0.39, 0.29) is 12.8 Å². The molecule has 1 rings (SSSR count). The SMILES string of the molecule is CCCOP(=O)(CC)OCc1c(F)c(F)c(F)c(F)c1F. The molecular weight excluding hydrogens is 318 g/mol. The zero-order valence-electron chi connectivity index (χ0n) is 11.4. The van der Waals surface area contributed by atoms with Crippen molar-refractivity contribution in [1.82, 2.24) is 0 Å². The molecule has 1 atom stereocenters. The Kier molecular flexibility index (Phi) is 6.31. The van der Waals surface area contributed by atoms with Gasteiger partial charge in [0, 0.05) is 6.16 Å². The average Bonchev–Trinajstić information content (AvgIpc) is 2.49. The third kappa shape index (κ3) is 4.02. The van der Waals surface area contributed by atoms with Crippen LogP contribution in [0.2, 0.25) is 0 Å². The van der Waals surface area contributed by atoms with E-state index < -0.39 is 48.9 Å². The zero-order chi connectivity index (χ0) is 16.2. The van der Waals surface area contributed by atoms with Gasteiger partial charge < -0.3 is 9.05 Å². The minimum atomic E-state index is -3.64. The minimum absolute atomic E-state index is 0.0855. The molecule has 9 heteroatoms. The Labute approximate surface area is 118 Å². The van der Waals surface area contributed by atoms with Gasteiger partial charge in [-0.15, -0.1) is 0 Å². The highest BCUT2D eigenvalue weighted by molar-refractivity contribution is 7.53. The third-order valence-electron chi connectivity index (χ3n) is 2.59. The van der Waals surface area contributed by atoms with Gasteiger partial charge in [-0.3, -0.25) is 4.57 Å². The third-order valence-corrected chi connectivity index (χ3v) is 4.46. The molecule has 0 saturated carbocycles. The van der Waals surface area contributed by atoms with Crippen LogP contribution in [0.15, 0.2) is 0 Å². The van der Waals surface area contributed by atoms with Crippen molar-refractivity contribution in [2.45, 2.75) is 26.9 Å². The van der Waals surface area contributed by atoms with Gasteiger partial charge in [0.15, 0.2) is 23.3 Å². The highest BCUT2D eigenvalue weighted by atomic mass is 31.2. The molecule has 0 bridgehead atoms. The van der Waals surface area contributed by atoms with E-state index in [0.29, 0.717) is 6.42 Å². The van der Waals surface area contributed by atoms with Crippen molar-refractivity contribution in [3.05, 3.63) is 34.6 Å². The molecule has 0 fully saturated rings. The molecule has 0 radical (unpaired) electrons. The molecule has 0 aliphatic rings. The lowest BCUT2D eigenvalue weighted by atomic mass is 10.2. The zero-order valence-corrected chi connectivity index (χ0v) is 12.3. The van der Waals surface area contributed by atoms with Gasteiger partial charge in [0.05, 0.1) is 18.8 Å². The Bertz CT molecular complexity index is 535. The molecular formula is C12H14F5O3P. The number of benzene rings is 1. The normalized spacial score (nSPS) is 14.2. The first kappa shape index (κ1) is 18.1. The first-order valence-electron chi connectivity index (χ1n) is 6.15. The second kappa shape index (κ2) is 7.33. The summed E-state index contributed by atoms with van der Waals surface area (Å²) in [5.74, 6) is -10.4. The monoisotopic (exact) mass is 332 g/mol. The van der Waals surface area contributed by atoms with Crippen LogP contribution in [0.3, 0.4) is 0 Å². The van der Waals surface area contributed by atoms with Gasteiger partial charge in [-0.2, -0.15) is 0 Å². The van der Waals surface area contributed by atoms with Gasteiger partial charge in [0.1, 0.15) is 0 Å². The quantitative estimate of drug-likeness (QED) is 0.318. The van der Waals surface area contributed by atoms with E-state index in [9.17, 15) is 26.5 Å². The summed E-state index contributed by atoms with van der Waals surface area (Å²) in [4.78, 5) is 0. The lowest BCUT2D eigenvalue weighted by Crippen LogP contribution is -2.09. The molecule has 0 saturated heterocycles. The van der Waals surface area contributed by atoms with Crippen LogP contribution in [-0.2, 0) is 20.2 Å². The molecule has 0 N–H and O–H groups in total. The second-order valence-electron chi connectivity index (χ2n) is 4.08. The highest BCUT2D eigenvalue weighted by Crippen LogP contribution is 2.48. The Morgan fingerprint density at radius 2 is 1.33 bits per heavy atom. The molecule has 0 amide bonds. The van der Waals surface area contributed by atoms with Crippen molar-refractivity contribution in [1.29, 1.82) is 0 Å². The van der Waals surface area contributed by atoms with Gasteiger partial charge in [-0.05, 0) is 6.42 Å². The van der Waals surface area contributed by atoms with E-state index in [1.807, 2.05) is 0 Å². The van der Waals surface area contributed by atoms with Crippen LogP contribution >= 0.6 is 7.60 Å². The van der Waals surface area contributed by atoms with Crippen LogP contribution in [0.5, 0.6) is 0 Å². The predicted molar refractivity (Wildman–Crippen MR) is 65.4 cm³/mol. The largest absolute Gasteiger partial charge is 0.330 e. The molecule has 0 aromatic heterocycles. The maximum absolute atomic E-state index is 13.4. The van der Waals surface area contributed by atoms with Crippen molar-refractivity contribution in [3.63, 3.8) is 0 Å². The first-order chi connectivity index (χ1) is 9.77. The smallest absolute Gasteiger partial charge is 0.309 e. The summed E-state index contributed by atoms with van der Waals surface area (Å²) in [6.45, 7) is 2.24. The molecule has 1 aromatic rings. The van der Waals surface area contributed by atoms with Crippen LogP contribution in [0.1, 0.15) is 25.8 Å². The lowest BCUT2D eigenvalue weighted by Gasteiger charge is -2.17. The second-order valence-corrected chi connectivity index (χ2v) is 6.45. The Morgan fingerprint density at radius 3 is 1.76 bits per heavy atom. The lowest BCUT2D eigenvalue weighted by molar-refractivity contribution is 0.192. The summed E-state index contributed by atoms with van der Waals surface area (Å²) in [7, 11) is -3.64. The summed E-state index contributed by atoms with van der Waals surface area (Å²) in [6, 6.07) is 0. The van der Waals surface area contributed by atoms with E-state index in [4.69, 9.17) is 9.05 Å². The van der Waals surface area contributed by atoms with Gasteiger partial charge in [-0.25, -0.2) is 22.0 Å². The molecule has 21 heavy (non-hydrogen) atoms. The number of rotatable bonds is 7. The molecule has 1 aromatic carbocycles. The Hall–Kier alpha value is -0.980. The van der Waals surface area contributed by atoms with E-state index in [0.717, 1.165) is 0 Å². The maximum Gasteiger partial charge on any atom is 0.330 e. The van der Waals surface area contributed by atoms with Crippen molar-refractivity contribution >= 4 is 7.60 Å². The average molecular weight is 332 g/mol. The molecule has 120 valence electrons. The molecule has 0 aliphatic heterocycles. The molecule has 1 unspecified atom stereocenters. The molecule has 0 spiro atoms. The molecule has 0 aliphatic carbocycles. The van der Waals surface area contributed by atoms with Crippen LogP contribution in [-0.4, -0.2) is 12.8 Å². The van der Waals surface area contributed by atoms with Gasteiger partial charge in [0.25, 0.3) is 0 Å². The summed E-state index contributed by atoms with van der Waals surface area (Å²) < 4.78 is 87.4. The Morgan fingerprint density at radius 1 is 0.857 bits per heavy atom. The summed E-state index contributed by atoms with van der Waals surface area (Å²) in [6.07, 6.45) is 0.429. The van der Waals surface area contributed by atoms with E-state index in [1.165, 1.54) is 6.92 Å². The Balaban J connectivity index is 3.01. The minimum Gasteiger partial charge on any atom is -0.309 e. The number of hydrogen-bond acceptors (Lipinski definition) is 3. The van der Waals surface area contributed by atoms with Crippen LogP contribution in [0.4, 0.5) is 22.0 Å². The van der Waals surface area contributed by atoms with Crippen molar-refractivity contribution < 1.29 is 35.6 Å². The van der Waals surface area contributed by atoms with Crippen LogP contribution < -0.4 is 0 Å². The van der Waals surface area contributed by atoms with E-state index in [1.54, 1.807) is 6.92 Å². The van der Waals surface area contributed by atoms with E-state index in [2.05, 4.69) is 0 Å². The van der Waals surface area contributed by atoms with Crippen LogP contribution in [0.25, 0.3) is 0 Å². The van der Waals surface area contributed by atoms with Gasteiger partial charge >= 0.3 is 7.60 Å².